The van der Waals surface area contributed by atoms with E-state index >= 15 is 0 Å². The minimum Gasteiger partial charge on any atom is -0.507 e. The number of carboxylic acids is 2. The largest absolute Gasteiger partial charge is 0.507 e. The Labute approximate surface area is 329 Å². The lowest BCUT2D eigenvalue weighted by Gasteiger charge is -2.07. The molecule has 0 saturated carbocycles. The van der Waals surface area contributed by atoms with Gasteiger partial charge in [-0.3, -0.25) is 0 Å². The Morgan fingerprint density at radius 2 is 0.857 bits per heavy atom. The predicted octanol–water partition coefficient (Wildman–Crippen LogP) is 7.42. The number of hydrogen-bond donors (Lipinski definition) is 6. The first kappa shape index (κ1) is 27.4. The molecule has 0 saturated heterocycles. The number of phenols is 4. The van der Waals surface area contributed by atoms with Crippen LogP contribution in [0.5, 0.6) is 23.0 Å². The number of aromatic carboxylic acids is 2. The molecule has 8 aromatic rings. The van der Waals surface area contributed by atoms with Crippen LogP contribution in [-0.2, 0) is 0 Å². The van der Waals surface area contributed by atoms with E-state index in [0.717, 1.165) is 0 Å². The topological polar surface area (TPSA) is 217 Å². The zero-order valence-corrected chi connectivity index (χ0v) is 28.4. The van der Waals surface area contributed by atoms with E-state index in [1.54, 1.807) is 36.4 Å². The molecule has 0 unspecified atom stereocenters. The van der Waals surface area contributed by atoms with E-state index in [-0.39, 0.29) is 68.2 Å². The standard InChI is InChI=1S/2C21H15N3O4/c2*25-17-7-3-1-5-15(17)19-22-20(16-6-2-4-8-18(16)26)24(23-19)14-11-9-13(10-12-14)21(27)28/h2*1-12,25-26H,(H,27,28)/i2D,4D,6D,8D;1D,3D,5D,7D. The Hall–Kier alpha value is -8.26. The second kappa shape index (κ2) is 15.4. The molecule has 276 valence electrons. The van der Waals surface area contributed by atoms with Crippen molar-refractivity contribution < 1.29 is 51.2 Å². The average molecular weight is 755 g/mol. The van der Waals surface area contributed by atoms with Gasteiger partial charge in [0.2, 0.25) is 0 Å². The van der Waals surface area contributed by atoms with Crippen LogP contribution in [0.2, 0.25) is 0 Å². The van der Waals surface area contributed by atoms with Gasteiger partial charge in [-0.15, -0.1) is 10.2 Å². The van der Waals surface area contributed by atoms with Crippen LogP contribution in [0.1, 0.15) is 31.7 Å². The molecule has 0 bridgehead atoms. The van der Waals surface area contributed by atoms with Crippen molar-refractivity contribution in [1.82, 2.24) is 29.5 Å². The lowest BCUT2D eigenvalue weighted by Crippen LogP contribution is -2.02. The molecule has 6 aromatic carbocycles. The van der Waals surface area contributed by atoms with E-state index in [1.165, 1.54) is 70.0 Å². The molecule has 2 heterocycles. The van der Waals surface area contributed by atoms with Gasteiger partial charge in [-0.1, -0.05) is 48.4 Å². The summed E-state index contributed by atoms with van der Waals surface area (Å²) in [7, 11) is 0. The van der Waals surface area contributed by atoms with E-state index in [2.05, 4.69) is 20.2 Å². The highest BCUT2D eigenvalue weighted by atomic mass is 16.4. The summed E-state index contributed by atoms with van der Waals surface area (Å²) in [5, 5.41) is 68.5. The molecule has 56 heavy (non-hydrogen) atoms. The van der Waals surface area contributed by atoms with Crippen molar-refractivity contribution in [3.05, 3.63) is 157 Å². The van der Waals surface area contributed by atoms with Gasteiger partial charge in [0.05, 0.1) is 55.7 Å². The molecule has 0 aliphatic rings. The van der Waals surface area contributed by atoms with Crippen LogP contribution in [0.3, 0.4) is 0 Å². The summed E-state index contributed by atoms with van der Waals surface area (Å²) in [6.07, 6.45) is 0. The van der Waals surface area contributed by atoms with E-state index in [4.69, 9.17) is 21.2 Å². The normalized spacial score (nSPS) is 12.7. The molecule has 0 amide bonds. The number of nitrogens with zero attached hydrogens (tertiary/aromatic N) is 6. The molecule has 0 spiro atoms. The molecular weight excluding hydrogens is 716 g/mol. The van der Waals surface area contributed by atoms with E-state index in [0.29, 0.717) is 11.4 Å². The third kappa shape index (κ3) is 7.33. The molecule has 14 heteroatoms. The monoisotopic (exact) mass is 754 g/mol. The zero-order chi connectivity index (χ0) is 46.3. The van der Waals surface area contributed by atoms with Crippen molar-refractivity contribution in [1.29, 1.82) is 0 Å². The summed E-state index contributed by atoms with van der Waals surface area (Å²) < 4.78 is 66.0. The van der Waals surface area contributed by atoms with Gasteiger partial charge in [0.1, 0.15) is 23.0 Å². The van der Waals surface area contributed by atoms with E-state index < -0.39 is 71.8 Å². The second-order valence-electron chi connectivity index (χ2n) is 11.5. The second-order valence-corrected chi connectivity index (χ2v) is 11.5. The number of carbonyl (C=O) groups is 2. The summed E-state index contributed by atoms with van der Waals surface area (Å²) in [5.41, 5.74) is 0.733. The van der Waals surface area contributed by atoms with Gasteiger partial charge >= 0.3 is 11.9 Å². The smallest absolute Gasteiger partial charge is 0.335 e. The lowest BCUT2D eigenvalue weighted by atomic mass is 10.1. The summed E-state index contributed by atoms with van der Waals surface area (Å²) in [6, 6.07) is 19.1. The minimum atomic E-state index is -1.12. The molecule has 0 atom stereocenters. The summed E-state index contributed by atoms with van der Waals surface area (Å²) >= 11 is 0. The Morgan fingerprint density at radius 1 is 0.464 bits per heavy atom. The quantitative estimate of drug-likeness (QED) is 0.0893. The van der Waals surface area contributed by atoms with E-state index in [1.807, 2.05) is 0 Å². The third-order valence-electron chi connectivity index (χ3n) is 8.00. The van der Waals surface area contributed by atoms with Crippen molar-refractivity contribution in [2.45, 2.75) is 0 Å². The van der Waals surface area contributed by atoms with Gasteiger partial charge < -0.3 is 30.6 Å². The fourth-order valence-corrected chi connectivity index (χ4v) is 5.29. The van der Waals surface area contributed by atoms with Gasteiger partial charge in [0.15, 0.2) is 23.3 Å². The minimum absolute atomic E-state index is 0.0285. The Morgan fingerprint density at radius 3 is 1.34 bits per heavy atom. The maximum absolute atomic E-state index is 11.2. The number of rotatable bonds is 8. The summed E-state index contributed by atoms with van der Waals surface area (Å²) in [6.45, 7) is 0. The van der Waals surface area contributed by atoms with Gasteiger partial charge in [0, 0.05) is 0 Å². The molecule has 14 nitrogen and oxygen atoms in total. The average Bonchev–Trinajstić information content (AvgIpc) is 3.92. The molecule has 0 aliphatic carbocycles. The third-order valence-corrected chi connectivity index (χ3v) is 8.00. The number of para-hydroxylation sites is 4. The molecule has 2 aromatic heterocycles. The highest BCUT2D eigenvalue weighted by Gasteiger charge is 2.21. The molecule has 8 rings (SSSR count). The van der Waals surface area contributed by atoms with Crippen LogP contribution < -0.4 is 0 Å². The van der Waals surface area contributed by atoms with E-state index in [9.17, 15) is 30.0 Å². The first-order chi connectivity index (χ1) is 30.4. The predicted molar refractivity (Wildman–Crippen MR) is 205 cm³/mol. The number of hydrogen-bond acceptors (Lipinski definition) is 10. The fraction of sp³-hybridized carbons (Fsp3) is 0. The van der Waals surface area contributed by atoms with Crippen molar-refractivity contribution in [2.24, 2.45) is 0 Å². The molecule has 0 fully saturated rings. The highest BCUT2D eigenvalue weighted by molar-refractivity contribution is 5.88. The van der Waals surface area contributed by atoms with Gasteiger partial charge in [-0.25, -0.2) is 28.9 Å². The maximum Gasteiger partial charge on any atom is 0.335 e. The molecule has 0 aliphatic heterocycles. The SMILES string of the molecule is [2H]c1c([2H])c([2H])c(-c2nc(-c3ccccc3O)n(-c3ccc(C(=O)O)cc3)n2)c(O)c1[2H].[2H]c1c([2H])c([2H])c(-c2nc(-c3ccccc3O)nn2-c2ccc(C(=O)O)cc2)c(O)c1[2H]. The highest BCUT2D eigenvalue weighted by Crippen LogP contribution is 2.35. The van der Waals surface area contributed by atoms with Gasteiger partial charge in [0.25, 0.3) is 0 Å². The van der Waals surface area contributed by atoms with Crippen LogP contribution in [0.15, 0.2) is 145 Å². The molecule has 0 radical (unpaired) electrons. The zero-order valence-electron chi connectivity index (χ0n) is 36.4. The number of carboxylic acid groups (broad SMARTS) is 2. The Balaban J connectivity index is 0.000000191. The van der Waals surface area contributed by atoms with Gasteiger partial charge in [-0.2, -0.15) is 0 Å². The van der Waals surface area contributed by atoms with Crippen LogP contribution in [0.25, 0.3) is 56.9 Å². The number of aromatic nitrogens is 6. The first-order valence-electron chi connectivity index (χ1n) is 20.2. The molecule has 6 N–H and O–H groups in total. The van der Waals surface area contributed by atoms with Crippen molar-refractivity contribution in [3.8, 4) is 79.9 Å². The Bertz CT molecular complexity index is 3100. The number of benzene rings is 6. The van der Waals surface area contributed by atoms with Crippen LogP contribution >= 0.6 is 0 Å². The number of aromatic hydroxyl groups is 4. The number of phenolic OH excluding ortho intramolecular Hbond substituents is 4. The van der Waals surface area contributed by atoms with Crippen molar-refractivity contribution in [2.75, 3.05) is 0 Å². The maximum atomic E-state index is 11.2. The van der Waals surface area contributed by atoms with Gasteiger partial charge in [-0.05, 0) is 97.0 Å². The first-order valence-corrected chi connectivity index (χ1v) is 16.2. The Kier molecular flexibility index (Phi) is 7.51. The fourth-order valence-electron chi connectivity index (χ4n) is 5.29. The van der Waals surface area contributed by atoms with Crippen molar-refractivity contribution >= 4 is 11.9 Å². The van der Waals surface area contributed by atoms with Crippen LogP contribution in [0, 0.1) is 0 Å². The summed E-state index contributed by atoms with van der Waals surface area (Å²) in [5.74, 6) is -4.05. The summed E-state index contributed by atoms with van der Waals surface area (Å²) in [4.78, 5) is 31.0. The lowest BCUT2D eigenvalue weighted by molar-refractivity contribution is 0.0686. The van der Waals surface area contributed by atoms with Crippen molar-refractivity contribution in [3.63, 3.8) is 0 Å². The van der Waals surface area contributed by atoms with Crippen LogP contribution in [-0.4, -0.2) is 72.1 Å². The molecular formula is C42H30N6O8. The van der Waals surface area contributed by atoms with Crippen LogP contribution in [0.4, 0.5) is 0 Å².